The molecular weight excluding hydrogens is 340 g/mol. The van der Waals surface area contributed by atoms with Crippen LogP contribution in [0.3, 0.4) is 0 Å². The van der Waals surface area contributed by atoms with E-state index in [1.54, 1.807) is 0 Å². The van der Waals surface area contributed by atoms with E-state index in [-0.39, 0.29) is 11.9 Å². The minimum Gasteiger partial charge on any atom is -0.381 e. The number of H-pyrrole nitrogens is 1. The lowest BCUT2D eigenvalue weighted by atomic mass is 9.91. The molecule has 0 bridgehead atoms. The van der Waals surface area contributed by atoms with Gasteiger partial charge in [-0.25, -0.2) is 4.98 Å². The number of carbonyl (C=O) groups excluding carboxylic acids is 1. The number of aromatic amines is 1. The minimum atomic E-state index is 0.146. The van der Waals surface area contributed by atoms with Crippen LogP contribution >= 0.6 is 0 Å². The van der Waals surface area contributed by atoms with Gasteiger partial charge in [-0.3, -0.25) is 9.78 Å². The Morgan fingerprint density at radius 2 is 1.96 bits per heavy atom. The summed E-state index contributed by atoms with van der Waals surface area (Å²) in [5.74, 6) is 0.614. The molecule has 1 unspecified atom stereocenters. The molecule has 27 heavy (non-hydrogen) atoms. The molecule has 6 heteroatoms. The Labute approximate surface area is 157 Å². The maximum Gasteiger partial charge on any atom is 0.233 e. The molecule has 1 atom stereocenters. The van der Waals surface area contributed by atoms with Crippen LogP contribution in [-0.2, 0) is 16.0 Å². The summed E-state index contributed by atoms with van der Waals surface area (Å²) in [6.07, 6.45) is 7.98. The van der Waals surface area contributed by atoms with Gasteiger partial charge in [0.05, 0.1) is 17.8 Å². The maximum atomic E-state index is 12.7. The van der Waals surface area contributed by atoms with E-state index in [1.165, 1.54) is 0 Å². The van der Waals surface area contributed by atoms with Gasteiger partial charge in [-0.1, -0.05) is 0 Å². The molecular formula is C21H22N4O2. The number of fused-ring (bicyclic) bond motifs is 2. The molecule has 1 amide bonds. The first-order valence-corrected chi connectivity index (χ1v) is 9.53. The highest BCUT2D eigenvalue weighted by Gasteiger charge is 2.36. The third-order valence-corrected chi connectivity index (χ3v) is 5.88. The number of carbonyl (C=O) groups is 1. The number of ether oxygens (including phenoxy) is 1. The second kappa shape index (κ2) is 6.46. The molecule has 2 aliphatic rings. The Kier molecular flexibility index (Phi) is 3.93. The molecule has 138 valence electrons. The number of nitrogens with zero attached hydrogens (tertiary/aromatic N) is 3. The fourth-order valence-corrected chi connectivity index (χ4v) is 4.30. The topological polar surface area (TPSA) is 71.1 Å². The summed E-state index contributed by atoms with van der Waals surface area (Å²) in [4.78, 5) is 26.9. The standard InChI is InChI=1S/C21H22N4O2/c1-13(14-3-6-27-7-4-14)25-19-9-17(11-23-18(19)10-20(25)26)16-8-15-2-5-22-21(15)24-12-16/h2,5,8-9,11-14H,3-4,6-7,10H2,1H3,(H,22,24). The molecule has 3 aromatic rings. The number of amides is 1. The summed E-state index contributed by atoms with van der Waals surface area (Å²) in [5, 5.41) is 1.07. The quantitative estimate of drug-likeness (QED) is 0.776. The van der Waals surface area contributed by atoms with E-state index >= 15 is 0 Å². The van der Waals surface area contributed by atoms with Gasteiger partial charge in [0.25, 0.3) is 0 Å². The van der Waals surface area contributed by atoms with E-state index < -0.39 is 0 Å². The summed E-state index contributed by atoms with van der Waals surface area (Å²) in [6, 6.07) is 6.37. The summed E-state index contributed by atoms with van der Waals surface area (Å²) in [6.45, 7) is 3.72. The molecule has 1 N–H and O–H groups in total. The van der Waals surface area contributed by atoms with Gasteiger partial charge in [0.1, 0.15) is 5.65 Å². The van der Waals surface area contributed by atoms with Crippen LogP contribution in [-0.4, -0.2) is 40.1 Å². The first kappa shape index (κ1) is 16.4. The van der Waals surface area contributed by atoms with E-state index in [0.717, 1.165) is 59.6 Å². The van der Waals surface area contributed by atoms with E-state index in [4.69, 9.17) is 4.74 Å². The fourth-order valence-electron chi connectivity index (χ4n) is 4.30. The number of hydrogen-bond donors (Lipinski definition) is 1. The largest absolute Gasteiger partial charge is 0.381 e. The Hall–Kier alpha value is -2.73. The van der Waals surface area contributed by atoms with Crippen LogP contribution in [0.4, 0.5) is 5.69 Å². The van der Waals surface area contributed by atoms with Gasteiger partial charge < -0.3 is 14.6 Å². The monoisotopic (exact) mass is 362 g/mol. The predicted octanol–water partition coefficient (Wildman–Crippen LogP) is 3.33. The van der Waals surface area contributed by atoms with Crippen LogP contribution in [0, 0.1) is 5.92 Å². The Morgan fingerprint density at radius 3 is 2.81 bits per heavy atom. The second-order valence-corrected chi connectivity index (χ2v) is 7.46. The van der Waals surface area contributed by atoms with Gasteiger partial charge in [-0.15, -0.1) is 0 Å². The zero-order valence-electron chi connectivity index (χ0n) is 15.3. The van der Waals surface area contributed by atoms with Crippen molar-refractivity contribution >= 4 is 22.6 Å². The number of nitrogens with one attached hydrogen (secondary N) is 1. The van der Waals surface area contributed by atoms with Crippen LogP contribution in [0.5, 0.6) is 0 Å². The molecule has 5 rings (SSSR count). The highest BCUT2D eigenvalue weighted by atomic mass is 16.5. The van der Waals surface area contributed by atoms with E-state index in [1.807, 2.05) is 29.6 Å². The molecule has 0 aromatic carbocycles. The zero-order chi connectivity index (χ0) is 18.4. The van der Waals surface area contributed by atoms with Gasteiger partial charge in [0.15, 0.2) is 0 Å². The zero-order valence-corrected chi connectivity index (χ0v) is 15.3. The summed E-state index contributed by atoms with van der Waals surface area (Å²) >= 11 is 0. The predicted molar refractivity (Wildman–Crippen MR) is 104 cm³/mol. The molecule has 0 aliphatic carbocycles. The number of rotatable bonds is 3. The number of anilines is 1. The van der Waals surface area contributed by atoms with Crippen molar-refractivity contribution in [2.45, 2.75) is 32.2 Å². The third-order valence-electron chi connectivity index (χ3n) is 5.88. The molecule has 1 fully saturated rings. The van der Waals surface area contributed by atoms with E-state index in [0.29, 0.717) is 12.3 Å². The van der Waals surface area contributed by atoms with Crippen molar-refractivity contribution in [3.63, 3.8) is 0 Å². The lowest BCUT2D eigenvalue weighted by Gasteiger charge is -2.34. The maximum absolute atomic E-state index is 12.7. The van der Waals surface area contributed by atoms with E-state index in [9.17, 15) is 4.79 Å². The third kappa shape index (κ3) is 2.80. The molecule has 0 radical (unpaired) electrons. The van der Waals surface area contributed by atoms with Crippen molar-refractivity contribution in [3.05, 3.63) is 42.5 Å². The average molecular weight is 362 g/mol. The Morgan fingerprint density at radius 1 is 1.19 bits per heavy atom. The Balaban J connectivity index is 1.51. The molecule has 5 heterocycles. The Bertz CT molecular complexity index is 1010. The van der Waals surface area contributed by atoms with Crippen molar-refractivity contribution in [2.75, 3.05) is 18.1 Å². The van der Waals surface area contributed by atoms with Gasteiger partial charge in [0.2, 0.25) is 5.91 Å². The van der Waals surface area contributed by atoms with Crippen LogP contribution in [0.25, 0.3) is 22.2 Å². The first-order chi connectivity index (χ1) is 13.2. The highest BCUT2D eigenvalue weighted by molar-refractivity contribution is 6.02. The molecule has 0 spiro atoms. The van der Waals surface area contributed by atoms with Crippen molar-refractivity contribution < 1.29 is 9.53 Å². The molecule has 1 saturated heterocycles. The number of pyridine rings is 2. The molecule has 2 aliphatic heterocycles. The van der Waals surface area contributed by atoms with Crippen molar-refractivity contribution in [1.82, 2.24) is 15.0 Å². The number of aromatic nitrogens is 3. The SMILES string of the molecule is CC(C1CCOCC1)N1C(=O)Cc2ncc(-c3cnc4[nH]ccc4c3)cc21. The van der Waals surface area contributed by atoms with Crippen LogP contribution in [0.15, 0.2) is 36.8 Å². The van der Waals surface area contributed by atoms with E-state index in [2.05, 4.69) is 34.0 Å². The smallest absolute Gasteiger partial charge is 0.233 e. The van der Waals surface area contributed by atoms with Crippen molar-refractivity contribution in [2.24, 2.45) is 5.92 Å². The second-order valence-electron chi connectivity index (χ2n) is 7.46. The average Bonchev–Trinajstić information content (AvgIpc) is 3.30. The van der Waals surface area contributed by atoms with Crippen LogP contribution in [0.1, 0.15) is 25.5 Å². The number of hydrogen-bond acceptors (Lipinski definition) is 4. The lowest BCUT2D eigenvalue weighted by molar-refractivity contribution is -0.118. The van der Waals surface area contributed by atoms with Gasteiger partial charge in [-0.05, 0) is 43.9 Å². The minimum absolute atomic E-state index is 0.146. The molecule has 6 nitrogen and oxygen atoms in total. The normalized spacial score (nSPS) is 18.9. The first-order valence-electron chi connectivity index (χ1n) is 9.53. The summed E-state index contributed by atoms with van der Waals surface area (Å²) < 4.78 is 5.49. The molecule has 3 aromatic heterocycles. The van der Waals surface area contributed by atoms with Crippen LogP contribution < -0.4 is 4.90 Å². The van der Waals surface area contributed by atoms with Gasteiger partial charge in [-0.2, -0.15) is 0 Å². The summed E-state index contributed by atoms with van der Waals surface area (Å²) in [7, 11) is 0. The molecule has 0 saturated carbocycles. The fraction of sp³-hybridized carbons (Fsp3) is 0.381. The highest BCUT2D eigenvalue weighted by Crippen LogP contribution is 2.36. The van der Waals surface area contributed by atoms with Gasteiger partial charge >= 0.3 is 0 Å². The lowest BCUT2D eigenvalue weighted by Crippen LogP contribution is -2.42. The van der Waals surface area contributed by atoms with Crippen molar-refractivity contribution in [1.29, 1.82) is 0 Å². The van der Waals surface area contributed by atoms with Crippen LogP contribution in [0.2, 0.25) is 0 Å². The van der Waals surface area contributed by atoms with Gasteiger partial charge in [0, 0.05) is 54.4 Å². The summed E-state index contributed by atoms with van der Waals surface area (Å²) in [5.41, 5.74) is 4.69. The van der Waals surface area contributed by atoms with Crippen molar-refractivity contribution in [3.8, 4) is 11.1 Å².